The van der Waals surface area contributed by atoms with Crippen molar-refractivity contribution in [3.8, 4) is 0 Å². The molecule has 27 heavy (non-hydrogen) atoms. The fourth-order valence-electron chi connectivity index (χ4n) is 2.82. The minimum absolute atomic E-state index is 0. The molecule has 0 fully saturated rings. The van der Waals surface area contributed by atoms with Gasteiger partial charge in [0, 0.05) is 13.1 Å². The maximum Gasteiger partial charge on any atom is 1.00 e. The second-order valence-electron chi connectivity index (χ2n) is 6.85. The molecule has 0 aliphatic rings. The van der Waals surface area contributed by atoms with Crippen LogP contribution in [0.15, 0.2) is 0 Å². The molecule has 0 saturated carbocycles. The predicted octanol–water partition coefficient (Wildman–Crippen LogP) is 3.95. The Balaban J connectivity index is -0.000000435. The molecule has 4 nitrogen and oxygen atoms in total. The quantitative estimate of drug-likeness (QED) is 0.191. The number of hydrogen-bond acceptors (Lipinski definition) is 2. The Labute approximate surface area is 223 Å². The van der Waals surface area contributed by atoms with Gasteiger partial charge in [0.05, 0.1) is 0 Å². The third-order valence-electron chi connectivity index (χ3n) is 4.33. The van der Waals surface area contributed by atoms with Gasteiger partial charge in [0.2, 0.25) is 0 Å². The SMILES string of the molecule is CCCCCCCCCN(CCCCCCCCC)C(=O)S.NC(=O)S.[H-].[K+]. The van der Waals surface area contributed by atoms with Crippen molar-refractivity contribution >= 4 is 35.7 Å². The first-order valence-electron chi connectivity index (χ1n) is 10.4. The van der Waals surface area contributed by atoms with Gasteiger partial charge in [-0.25, -0.2) is 0 Å². The fraction of sp³-hybridized carbons (Fsp3) is 0.900. The zero-order valence-electron chi connectivity index (χ0n) is 19.0. The van der Waals surface area contributed by atoms with Crippen LogP contribution in [0, 0.1) is 0 Å². The molecule has 0 spiro atoms. The van der Waals surface area contributed by atoms with Crippen LogP contribution in [0.25, 0.3) is 0 Å². The Kier molecular flexibility index (Phi) is 33.3. The van der Waals surface area contributed by atoms with Gasteiger partial charge in [-0.2, -0.15) is 0 Å². The molecule has 0 aliphatic heterocycles. The Morgan fingerprint density at radius 2 is 0.963 bits per heavy atom. The van der Waals surface area contributed by atoms with Crippen LogP contribution in [0.3, 0.4) is 0 Å². The molecule has 2 amide bonds. The van der Waals surface area contributed by atoms with Gasteiger partial charge in [-0.05, 0) is 12.8 Å². The van der Waals surface area contributed by atoms with Crippen LogP contribution in [0.2, 0.25) is 0 Å². The van der Waals surface area contributed by atoms with E-state index < -0.39 is 5.24 Å². The number of amides is 2. The predicted molar refractivity (Wildman–Crippen MR) is 122 cm³/mol. The largest absolute Gasteiger partial charge is 1.00 e. The zero-order chi connectivity index (χ0) is 20.0. The van der Waals surface area contributed by atoms with Crippen LogP contribution in [0.1, 0.15) is 105 Å². The van der Waals surface area contributed by atoms with Gasteiger partial charge in [-0.1, -0.05) is 116 Å². The number of carbonyl (C=O) groups is 2. The molecule has 0 heterocycles. The molecule has 0 aromatic carbocycles. The monoisotopic (exact) mass is 446 g/mol. The van der Waals surface area contributed by atoms with Gasteiger partial charge in [0.15, 0.2) is 0 Å². The van der Waals surface area contributed by atoms with E-state index in [-0.39, 0.29) is 58.1 Å². The minimum Gasteiger partial charge on any atom is -1.00 e. The summed E-state index contributed by atoms with van der Waals surface area (Å²) in [5.74, 6) is 0. The van der Waals surface area contributed by atoms with Gasteiger partial charge >= 0.3 is 51.4 Å². The molecular formula is C20H43KN2O2S2. The summed E-state index contributed by atoms with van der Waals surface area (Å²) >= 11 is 7.13. The van der Waals surface area contributed by atoms with Crippen molar-refractivity contribution in [3.05, 3.63) is 0 Å². The van der Waals surface area contributed by atoms with Gasteiger partial charge in [-0.15, -0.1) is 0 Å². The number of carbonyl (C=O) groups excluding carboxylic acids is 2. The average molecular weight is 447 g/mol. The minimum atomic E-state index is -0.639. The summed E-state index contributed by atoms with van der Waals surface area (Å²) in [4.78, 5) is 22.6. The average Bonchev–Trinajstić information content (AvgIpc) is 2.57. The molecule has 7 heteroatoms. The standard InChI is InChI=1S/C19H39NOS.CH3NOS.K.H/c1-3-5-7-9-11-13-15-17-20(19(21)22)18-16-14-12-10-8-6-4-2;2-1(3)4;;/h3-18H2,1-2H3,(H,21,22);(H3,2,3,4);;/q;;+1;-1. The van der Waals surface area contributed by atoms with E-state index in [9.17, 15) is 4.79 Å². The summed E-state index contributed by atoms with van der Waals surface area (Å²) in [5.41, 5.74) is 4.34. The molecule has 0 rings (SSSR count). The summed E-state index contributed by atoms with van der Waals surface area (Å²) in [7, 11) is 0. The van der Waals surface area contributed by atoms with E-state index in [4.69, 9.17) is 4.79 Å². The zero-order valence-corrected chi connectivity index (χ0v) is 23.0. The molecule has 0 unspecified atom stereocenters. The molecule has 0 aromatic heterocycles. The van der Waals surface area contributed by atoms with E-state index in [0.717, 1.165) is 25.9 Å². The molecule has 2 N–H and O–H groups in total. The maximum absolute atomic E-state index is 11.5. The normalized spacial score (nSPS) is 9.78. The molecule has 158 valence electrons. The number of hydrogen-bond donors (Lipinski definition) is 3. The van der Waals surface area contributed by atoms with Crippen molar-refractivity contribution in [3.63, 3.8) is 0 Å². The summed E-state index contributed by atoms with van der Waals surface area (Å²) in [6.45, 7) is 6.29. The Hall–Kier alpha value is 1.28. The third kappa shape index (κ3) is 32.2. The van der Waals surface area contributed by atoms with E-state index >= 15 is 0 Å². The van der Waals surface area contributed by atoms with Gasteiger partial charge in [0.25, 0.3) is 10.5 Å². The summed E-state index contributed by atoms with van der Waals surface area (Å²) in [6, 6.07) is 0. The Morgan fingerprint density at radius 1 is 0.704 bits per heavy atom. The second-order valence-corrected chi connectivity index (χ2v) is 7.67. The van der Waals surface area contributed by atoms with Gasteiger partial charge in [-0.3, -0.25) is 9.59 Å². The smallest absolute Gasteiger partial charge is 1.00 e. The number of thiol groups is 2. The topological polar surface area (TPSA) is 63.4 Å². The van der Waals surface area contributed by atoms with E-state index in [1.54, 1.807) is 0 Å². The van der Waals surface area contributed by atoms with Crippen LogP contribution in [-0.2, 0) is 0 Å². The summed E-state index contributed by atoms with van der Waals surface area (Å²) in [5, 5.41) is -0.683. The van der Waals surface area contributed by atoms with E-state index in [0.29, 0.717) is 0 Å². The molecule has 0 saturated heterocycles. The van der Waals surface area contributed by atoms with Crippen LogP contribution in [0.5, 0.6) is 0 Å². The summed E-state index contributed by atoms with van der Waals surface area (Å²) in [6.07, 6.45) is 18.1. The van der Waals surface area contributed by atoms with Gasteiger partial charge in [0.1, 0.15) is 0 Å². The molecular weight excluding hydrogens is 403 g/mol. The van der Waals surface area contributed by atoms with E-state index in [1.165, 1.54) is 77.0 Å². The molecule has 0 aliphatic carbocycles. The first kappa shape index (κ1) is 32.9. The van der Waals surface area contributed by atoms with Crippen LogP contribution in [0.4, 0.5) is 9.59 Å². The first-order valence-corrected chi connectivity index (χ1v) is 11.3. The number of primary amides is 1. The Morgan fingerprint density at radius 3 is 1.22 bits per heavy atom. The third-order valence-corrected chi connectivity index (χ3v) is 4.62. The van der Waals surface area contributed by atoms with Crippen molar-refractivity contribution in [2.24, 2.45) is 5.73 Å². The molecule has 0 aromatic rings. The van der Waals surface area contributed by atoms with Crippen LogP contribution < -0.4 is 57.1 Å². The molecule has 0 radical (unpaired) electrons. The van der Waals surface area contributed by atoms with E-state index in [1.807, 2.05) is 4.90 Å². The fourth-order valence-corrected chi connectivity index (χ4v) is 3.02. The number of rotatable bonds is 16. The maximum atomic E-state index is 11.5. The van der Waals surface area contributed by atoms with Crippen molar-refractivity contribution in [2.45, 2.75) is 104 Å². The van der Waals surface area contributed by atoms with Crippen LogP contribution >= 0.6 is 25.3 Å². The Bertz CT molecular complexity index is 319. The molecule has 0 bridgehead atoms. The number of unbranched alkanes of at least 4 members (excludes halogenated alkanes) is 12. The van der Waals surface area contributed by atoms with Crippen molar-refractivity contribution < 1.29 is 62.4 Å². The van der Waals surface area contributed by atoms with Gasteiger partial charge < -0.3 is 12.1 Å². The number of nitrogens with two attached hydrogens (primary N) is 1. The van der Waals surface area contributed by atoms with Crippen molar-refractivity contribution in [1.29, 1.82) is 0 Å². The van der Waals surface area contributed by atoms with Crippen molar-refractivity contribution in [1.82, 2.24) is 4.90 Å². The number of nitrogens with zero attached hydrogens (tertiary/aromatic N) is 1. The first-order chi connectivity index (χ1) is 12.5. The van der Waals surface area contributed by atoms with Crippen LogP contribution in [-0.4, -0.2) is 28.5 Å². The van der Waals surface area contributed by atoms with Crippen molar-refractivity contribution in [2.75, 3.05) is 13.1 Å². The van der Waals surface area contributed by atoms with E-state index in [2.05, 4.69) is 44.8 Å². The molecule has 0 atom stereocenters. The summed E-state index contributed by atoms with van der Waals surface area (Å²) < 4.78 is 0. The second kappa shape index (κ2) is 27.3.